The topological polar surface area (TPSA) is 101 Å². The molecule has 1 fully saturated rings. The zero-order valence-electron chi connectivity index (χ0n) is 23.7. The number of aryl methyl sites for hydroxylation is 1. The first-order valence-corrected chi connectivity index (χ1v) is 13.8. The lowest BCUT2D eigenvalue weighted by molar-refractivity contribution is -0.195. The van der Waals surface area contributed by atoms with Gasteiger partial charge >= 0.3 is 6.18 Å². The highest BCUT2D eigenvalue weighted by atomic mass is 35.5. The highest BCUT2D eigenvalue weighted by molar-refractivity contribution is 6.35. The zero-order valence-corrected chi connectivity index (χ0v) is 24.5. The van der Waals surface area contributed by atoms with Crippen LogP contribution < -0.4 is 21.6 Å². The minimum atomic E-state index is -4.44. The first kappa shape index (κ1) is 29.7. The first-order chi connectivity index (χ1) is 19.6. The number of halogens is 5. The van der Waals surface area contributed by atoms with E-state index in [0.29, 0.717) is 49.8 Å². The molecule has 1 aliphatic carbocycles. The van der Waals surface area contributed by atoms with Crippen molar-refractivity contribution >= 4 is 33.9 Å². The van der Waals surface area contributed by atoms with Crippen molar-refractivity contribution in [3.8, 4) is 6.07 Å². The van der Waals surface area contributed by atoms with Crippen LogP contribution in [0.4, 0.5) is 28.9 Å². The van der Waals surface area contributed by atoms with Crippen LogP contribution >= 0.6 is 11.6 Å². The van der Waals surface area contributed by atoms with Gasteiger partial charge in [-0.05, 0) is 50.3 Å². The summed E-state index contributed by atoms with van der Waals surface area (Å²) in [5.74, 6) is -0.676. The maximum atomic E-state index is 13.9. The van der Waals surface area contributed by atoms with Gasteiger partial charge in [-0.25, -0.2) is 4.98 Å². The van der Waals surface area contributed by atoms with Crippen LogP contribution in [0.3, 0.4) is 0 Å². The number of fused-ring (bicyclic) bond motifs is 1. The van der Waals surface area contributed by atoms with E-state index in [4.69, 9.17) is 11.6 Å². The fraction of sp³-hybridized carbons (Fsp3) is 0.414. The van der Waals surface area contributed by atoms with Gasteiger partial charge in [0.25, 0.3) is 0 Å². The molecule has 5 rings (SSSR count). The average molecular weight is 603 g/mol. The molecule has 1 aliphatic heterocycles. The van der Waals surface area contributed by atoms with E-state index in [1.54, 1.807) is 19.1 Å². The van der Waals surface area contributed by atoms with Gasteiger partial charge in [0, 0.05) is 40.8 Å². The number of rotatable bonds is 7. The van der Waals surface area contributed by atoms with Crippen LogP contribution in [0.2, 0.25) is 5.02 Å². The second-order valence-electron chi connectivity index (χ2n) is 11.9. The van der Waals surface area contributed by atoms with Gasteiger partial charge in [-0.1, -0.05) is 38.4 Å². The molecule has 4 N–H and O–H groups in total. The molecule has 0 spiro atoms. The lowest BCUT2D eigenvalue weighted by Crippen LogP contribution is -2.52. The summed E-state index contributed by atoms with van der Waals surface area (Å²) in [6, 6.07) is 7.55. The molecule has 0 saturated heterocycles. The lowest BCUT2D eigenvalue weighted by atomic mass is 9.87. The quantitative estimate of drug-likeness (QED) is 0.172. The Morgan fingerprint density at radius 2 is 1.88 bits per heavy atom. The molecule has 1 saturated carbocycles. The molecule has 1 aromatic carbocycles. The minimum Gasteiger partial charge on any atom is -0.380 e. The Morgan fingerprint density at radius 1 is 1.17 bits per heavy atom. The lowest BCUT2D eigenvalue weighted by Gasteiger charge is -2.30. The maximum Gasteiger partial charge on any atom is 0.413 e. The Labute approximate surface area is 246 Å². The zero-order chi connectivity index (χ0) is 30.6. The fourth-order valence-corrected chi connectivity index (χ4v) is 5.11. The van der Waals surface area contributed by atoms with E-state index in [1.807, 2.05) is 6.92 Å². The fourth-order valence-electron chi connectivity index (χ4n) is 4.84. The Morgan fingerprint density at radius 3 is 2.48 bits per heavy atom. The number of hydrogen-bond donors (Lipinski definition) is 4. The largest absolute Gasteiger partial charge is 0.413 e. The predicted molar refractivity (Wildman–Crippen MR) is 154 cm³/mol. The second-order valence-corrected chi connectivity index (χ2v) is 12.3. The maximum absolute atomic E-state index is 13.9. The van der Waals surface area contributed by atoms with Crippen LogP contribution in [0.5, 0.6) is 0 Å². The molecule has 0 amide bonds. The normalized spacial score (nSPS) is 17.7. The smallest absolute Gasteiger partial charge is 0.380 e. The molecule has 0 unspecified atom stereocenters. The number of nitrogens with one attached hydrogen (secondary N) is 4. The Kier molecular flexibility index (Phi) is 7.39. The number of anilines is 2. The molecule has 42 heavy (non-hydrogen) atoms. The molecule has 2 aliphatic rings. The van der Waals surface area contributed by atoms with Crippen LogP contribution in [0.25, 0.3) is 10.9 Å². The van der Waals surface area contributed by atoms with Gasteiger partial charge in [-0.15, -0.1) is 5.53 Å². The van der Waals surface area contributed by atoms with Crippen molar-refractivity contribution in [2.24, 2.45) is 5.41 Å². The average Bonchev–Trinajstić information content (AvgIpc) is 3.59. The molecule has 0 bridgehead atoms. The van der Waals surface area contributed by atoms with Gasteiger partial charge in [0.15, 0.2) is 5.54 Å². The van der Waals surface area contributed by atoms with Gasteiger partial charge in [-0.2, -0.15) is 22.8 Å². The van der Waals surface area contributed by atoms with E-state index in [1.165, 1.54) is 24.5 Å². The summed E-state index contributed by atoms with van der Waals surface area (Å²) in [5.41, 5.74) is 6.51. The molecule has 3 heterocycles. The van der Waals surface area contributed by atoms with E-state index < -0.39 is 23.7 Å². The summed E-state index contributed by atoms with van der Waals surface area (Å²) in [7, 11) is 0. The SMILES string of the molecule is Cc1nc(F)ccc1[C@H](Nc1cc(Cl)c2ncc(C#N)c(N[C@H](C)C(C)(C)C)c2c1)C1=CN(C2(C(F)(F)F)CC2)NN1. The summed E-state index contributed by atoms with van der Waals surface area (Å²) in [6.07, 6.45) is -1.67. The Balaban J connectivity index is 1.60. The Bertz CT molecular complexity index is 1600. The molecule has 0 radical (unpaired) electrons. The summed E-state index contributed by atoms with van der Waals surface area (Å²) < 4.78 is 55.5. The molecule has 2 aromatic heterocycles. The van der Waals surface area contributed by atoms with Crippen LogP contribution in [0.1, 0.15) is 63.4 Å². The number of pyridine rings is 2. The van der Waals surface area contributed by atoms with Gasteiger partial charge in [0.05, 0.1) is 33.5 Å². The second kappa shape index (κ2) is 10.5. The standard InChI is InChI=1S/C29H31ClF4N8/c1-15-19(6-7-23(31)37-15)26(22-14-42(41-40-22)28(8-9-28)29(32,33)34)39-18-10-20-24(38-16(2)27(3,4)5)17(12-35)13-36-25(20)21(30)11-18/h6-7,10-11,13-14,16,26,39-41H,8-9H2,1-5H3,(H,36,38)/t16-,26+/m1/s1. The molecular weight excluding hydrogens is 572 g/mol. The molecule has 8 nitrogen and oxygen atoms in total. The number of benzene rings is 1. The van der Waals surface area contributed by atoms with Crippen molar-refractivity contribution in [2.75, 3.05) is 10.6 Å². The van der Waals surface area contributed by atoms with Crippen molar-refractivity contribution in [2.45, 2.75) is 71.3 Å². The summed E-state index contributed by atoms with van der Waals surface area (Å²) in [4.78, 5) is 8.34. The number of alkyl halides is 3. The number of nitrogens with zero attached hydrogens (tertiary/aromatic N) is 4. The Hall–Kier alpha value is -3.82. The van der Waals surface area contributed by atoms with Crippen LogP contribution in [-0.4, -0.2) is 32.7 Å². The number of hydrogen-bond acceptors (Lipinski definition) is 8. The minimum absolute atomic E-state index is 0.0282. The van der Waals surface area contributed by atoms with Crippen molar-refractivity contribution in [1.29, 1.82) is 5.26 Å². The van der Waals surface area contributed by atoms with Crippen LogP contribution in [0, 0.1) is 29.6 Å². The third-order valence-corrected chi connectivity index (χ3v) is 8.32. The number of nitriles is 1. The third-order valence-electron chi connectivity index (χ3n) is 8.03. The highest BCUT2D eigenvalue weighted by Gasteiger charge is 2.67. The summed E-state index contributed by atoms with van der Waals surface area (Å²) >= 11 is 6.69. The van der Waals surface area contributed by atoms with E-state index in [0.717, 1.165) is 5.01 Å². The van der Waals surface area contributed by atoms with Gasteiger partial charge < -0.3 is 16.1 Å². The molecule has 222 valence electrons. The first-order valence-electron chi connectivity index (χ1n) is 13.4. The third kappa shape index (κ3) is 5.39. The van der Waals surface area contributed by atoms with Crippen LogP contribution in [-0.2, 0) is 0 Å². The van der Waals surface area contributed by atoms with Gasteiger partial charge in [-0.3, -0.25) is 9.99 Å². The van der Waals surface area contributed by atoms with E-state index in [9.17, 15) is 22.8 Å². The monoisotopic (exact) mass is 602 g/mol. The van der Waals surface area contributed by atoms with E-state index in [2.05, 4.69) is 58.4 Å². The van der Waals surface area contributed by atoms with Crippen LogP contribution in [0.15, 0.2) is 42.4 Å². The predicted octanol–water partition coefficient (Wildman–Crippen LogP) is 6.86. The van der Waals surface area contributed by atoms with Crippen molar-refractivity contribution in [1.82, 2.24) is 25.9 Å². The molecule has 2 atom stereocenters. The highest BCUT2D eigenvalue weighted by Crippen LogP contribution is 2.53. The summed E-state index contributed by atoms with van der Waals surface area (Å²) in [5, 5.41) is 18.6. The van der Waals surface area contributed by atoms with Crippen molar-refractivity contribution in [3.63, 3.8) is 0 Å². The van der Waals surface area contributed by atoms with Gasteiger partial charge in [0.1, 0.15) is 6.07 Å². The van der Waals surface area contributed by atoms with Gasteiger partial charge in [0.2, 0.25) is 5.95 Å². The van der Waals surface area contributed by atoms with Crippen molar-refractivity contribution in [3.05, 3.63) is 70.2 Å². The van der Waals surface area contributed by atoms with E-state index in [-0.39, 0.29) is 24.3 Å². The molecule has 13 heteroatoms. The van der Waals surface area contributed by atoms with E-state index >= 15 is 0 Å². The molecular formula is C29H31ClF4N8. The summed E-state index contributed by atoms with van der Waals surface area (Å²) in [6.45, 7) is 9.87. The van der Waals surface area contributed by atoms with Crippen molar-refractivity contribution < 1.29 is 17.6 Å². The number of hydrazine groups is 2. The molecule has 3 aromatic rings. The number of aromatic nitrogens is 2.